The second-order valence-corrected chi connectivity index (χ2v) is 7.61. The lowest BCUT2D eigenvalue weighted by Gasteiger charge is -2.36. The van der Waals surface area contributed by atoms with Crippen molar-refractivity contribution in [1.82, 2.24) is 15.3 Å². The number of benzene rings is 1. The summed E-state index contributed by atoms with van der Waals surface area (Å²) < 4.78 is 0. The van der Waals surface area contributed by atoms with E-state index < -0.39 is 0 Å². The Balaban J connectivity index is 1.34. The molecule has 2 heterocycles. The minimum atomic E-state index is -0.119. The second kappa shape index (κ2) is 8.13. The predicted molar refractivity (Wildman–Crippen MR) is 108 cm³/mol. The van der Waals surface area contributed by atoms with E-state index in [0.717, 1.165) is 55.5 Å². The normalized spacial score (nSPS) is 18.0. The van der Waals surface area contributed by atoms with Gasteiger partial charge in [0, 0.05) is 42.9 Å². The summed E-state index contributed by atoms with van der Waals surface area (Å²) in [6.45, 7) is 3.50. The van der Waals surface area contributed by atoms with Crippen LogP contribution in [0.3, 0.4) is 0 Å². The van der Waals surface area contributed by atoms with Crippen molar-refractivity contribution in [2.45, 2.75) is 31.7 Å². The molecule has 0 radical (unpaired) electrons. The summed E-state index contributed by atoms with van der Waals surface area (Å²) in [5, 5.41) is 3.81. The molecule has 1 saturated carbocycles. The van der Waals surface area contributed by atoms with Crippen LogP contribution in [0.15, 0.2) is 36.7 Å². The number of nitrogens with one attached hydrogen (secondary N) is 1. The topological polar surface area (TPSA) is 61.4 Å². The molecular formula is C20H24ClN5O. The van der Waals surface area contributed by atoms with Crippen LogP contribution >= 0.6 is 11.6 Å². The van der Waals surface area contributed by atoms with E-state index in [1.165, 1.54) is 12.8 Å². The third kappa shape index (κ3) is 4.33. The number of aromatic nitrogens is 2. The molecule has 4 rings (SSSR count). The third-order valence-electron chi connectivity index (χ3n) is 5.34. The van der Waals surface area contributed by atoms with Crippen molar-refractivity contribution in [2.24, 2.45) is 0 Å². The van der Waals surface area contributed by atoms with Gasteiger partial charge in [0.05, 0.1) is 12.4 Å². The van der Waals surface area contributed by atoms with E-state index in [0.29, 0.717) is 11.7 Å². The van der Waals surface area contributed by atoms with Gasteiger partial charge in [-0.15, -0.1) is 0 Å². The molecule has 142 valence electrons. The van der Waals surface area contributed by atoms with Gasteiger partial charge in [0.25, 0.3) is 5.91 Å². The molecule has 0 unspecified atom stereocenters. The number of hydrogen-bond acceptors (Lipinski definition) is 5. The lowest BCUT2D eigenvalue weighted by molar-refractivity contribution is 0.0932. The van der Waals surface area contributed by atoms with Gasteiger partial charge in [0.1, 0.15) is 11.5 Å². The minimum Gasteiger partial charge on any atom is -0.368 e. The Labute approximate surface area is 164 Å². The Hall–Kier alpha value is -2.34. The average molecular weight is 386 g/mol. The molecule has 2 fully saturated rings. The fourth-order valence-corrected chi connectivity index (χ4v) is 3.98. The summed E-state index contributed by atoms with van der Waals surface area (Å²) >= 11 is 6.09. The van der Waals surface area contributed by atoms with Gasteiger partial charge in [-0.25, -0.2) is 9.97 Å². The van der Waals surface area contributed by atoms with Gasteiger partial charge >= 0.3 is 0 Å². The molecule has 0 spiro atoms. The summed E-state index contributed by atoms with van der Waals surface area (Å²) in [4.78, 5) is 25.6. The van der Waals surface area contributed by atoms with Gasteiger partial charge in [-0.1, -0.05) is 30.5 Å². The Kier molecular flexibility index (Phi) is 5.43. The van der Waals surface area contributed by atoms with Crippen LogP contribution < -0.4 is 15.1 Å². The van der Waals surface area contributed by atoms with Crippen molar-refractivity contribution in [1.29, 1.82) is 0 Å². The average Bonchev–Trinajstić information content (AvgIpc) is 3.21. The van der Waals surface area contributed by atoms with Gasteiger partial charge in [-0.2, -0.15) is 0 Å². The molecule has 6 nitrogen and oxygen atoms in total. The number of nitrogens with zero attached hydrogens (tertiary/aromatic N) is 4. The SMILES string of the molecule is O=C(NC1CCCC1)c1cnc(N2CCN(c3cccc(Cl)c3)CC2)cn1. The largest absolute Gasteiger partial charge is 0.368 e. The molecule has 1 aliphatic heterocycles. The number of amides is 1. The Bertz CT molecular complexity index is 783. The van der Waals surface area contributed by atoms with Crippen molar-refractivity contribution in [2.75, 3.05) is 36.0 Å². The van der Waals surface area contributed by atoms with Crippen LogP contribution in [0.5, 0.6) is 0 Å². The molecule has 1 saturated heterocycles. The fraction of sp³-hybridized carbons (Fsp3) is 0.450. The van der Waals surface area contributed by atoms with Crippen molar-refractivity contribution in [3.63, 3.8) is 0 Å². The highest BCUT2D eigenvalue weighted by Crippen LogP contribution is 2.22. The molecule has 27 heavy (non-hydrogen) atoms. The zero-order chi connectivity index (χ0) is 18.6. The fourth-order valence-electron chi connectivity index (χ4n) is 3.80. The quantitative estimate of drug-likeness (QED) is 0.876. The maximum Gasteiger partial charge on any atom is 0.271 e. The van der Waals surface area contributed by atoms with E-state index in [1.54, 1.807) is 12.4 Å². The molecule has 1 aromatic carbocycles. The van der Waals surface area contributed by atoms with Crippen LogP contribution in [0.25, 0.3) is 0 Å². The van der Waals surface area contributed by atoms with Crippen LogP contribution in [0.2, 0.25) is 5.02 Å². The molecule has 1 N–H and O–H groups in total. The first-order chi connectivity index (χ1) is 13.2. The van der Waals surface area contributed by atoms with Crippen molar-refractivity contribution in [3.05, 3.63) is 47.4 Å². The van der Waals surface area contributed by atoms with E-state index >= 15 is 0 Å². The highest BCUT2D eigenvalue weighted by molar-refractivity contribution is 6.30. The summed E-state index contributed by atoms with van der Waals surface area (Å²) in [5.74, 6) is 0.699. The number of hydrogen-bond donors (Lipinski definition) is 1. The summed E-state index contributed by atoms with van der Waals surface area (Å²) in [5.41, 5.74) is 1.54. The molecule has 1 amide bonds. The third-order valence-corrected chi connectivity index (χ3v) is 5.57. The van der Waals surface area contributed by atoms with Gasteiger partial charge in [0.2, 0.25) is 0 Å². The predicted octanol–water partition coefficient (Wildman–Crippen LogP) is 3.13. The molecule has 1 aromatic heterocycles. The number of carbonyl (C=O) groups is 1. The number of halogens is 1. The number of carbonyl (C=O) groups excluding carboxylic acids is 1. The molecule has 1 aliphatic carbocycles. The van der Waals surface area contributed by atoms with Crippen molar-refractivity contribution >= 4 is 29.0 Å². The van der Waals surface area contributed by atoms with Crippen LogP contribution in [0.4, 0.5) is 11.5 Å². The number of piperazine rings is 1. The first-order valence-electron chi connectivity index (χ1n) is 9.57. The lowest BCUT2D eigenvalue weighted by Crippen LogP contribution is -2.47. The number of rotatable bonds is 4. The lowest BCUT2D eigenvalue weighted by atomic mass is 10.2. The molecule has 7 heteroatoms. The first kappa shape index (κ1) is 18.0. The number of anilines is 2. The van der Waals surface area contributed by atoms with E-state index in [1.807, 2.05) is 18.2 Å². The first-order valence-corrected chi connectivity index (χ1v) is 9.95. The van der Waals surface area contributed by atoms with E-state index in [4.69, 9.17) is 11.6 Å². The second-order valence-electron chi connectivity index (χ2n) is 7.17. The van der Waals surface area contributed by atoms with Crippen LogP contribution in [-0.4, -0.2) is 48.1 Å². The summed E-state index contributed by atoms with van der Waals surface area (Å²) in [7, 11) is 0. The van der Waals surface area contributed by atoms with Gasteiger partial charge in [-0.05, 0) is 31.0 Å². The Morgan fingerprint density at radius 1 is 1.04 bits per heavy atom. The van der Waals surface area contributed by atoms with E-state index in [-0.39, 0.29) is 5.91 Å². The molecule has 0 bridgehead atoms. The van der Waals surface area contributed by atoms with Crippen molar-refractivity contribution < 1.29 is 4.79 Å². The molecule has 0 atom stereocenters. The smallest absolute Gasteiger partial charge is 0.271 e. The minimum absolute atomic E-state index is 0.119. The van der Waals surface area contributed by atoms with E-state index in [2.05, 4.69) is 31.2 Å². The maximum atomic E-state index is 12.3. The van der Waals surface area contributed by atoms with Crippen LogP contribution in [-0.2, 0) is 0 Å². The summed E-state index contributed by atoms with van der Waals surface area (Å²) in [6, 6.07) is 8.23. The van der Waals surface area contributed by atoms with Crippen LogP contribution in [0, 0.1) is 0 Å². The maximum absolute atomic E-state index is 12.3. The summed E-state index contributed by atoms with van der Waals surface area (Å²) in [6.07, 6.45) is 7.80. The van der Waals surface area contributed by atoms with E-state index in [9.17, 15) is 4.79 Å². The zero-order valence-corrected chi connectivity index (χ0v) is 16.0. The molecular weight excluding hydrogens is 362 g/mol. The monoisotopic (exact) mass is 385 g/mol. The molecule has 2 aliphatic rings. The van der Waals surface area contributed by atoms with Crippen LogP contribution in [0.1, 0.15) is 36.2 Å². The highest BCUT2D eigenvalue weighted by Gasteiger charge is 2.21. The Morgan fingerprint density at radius 3 is 2.44 bits per heavy atom. The zero-order valence-electron chi connectivity index (χ0n) is 15.3. The van der Waals surface area contributed by atoms with Gasteiger partial charge < -0.3 is 15.1 Å². The highest BCUT2D eigenvalue weighted by atomic mass is 35.5. The standard InChI is InChI=1S/C20H24ClN5O/c21-15-4-3-7-17(12-15)25-8-10-26(11-9-25)19-14-22-18(13-23-19)20(27)24-16-5-1-2-6-16/h3-4,7,12-14,16H,1-2,5-6,8-11H2,(H,24,27). The van der Waals surface area contributed by atoms with Gasteiger partial charge in [-0.3, -0.25) is 4.79 Å². The Morgan fingerprint density at radius 2 is 1.78 bits per heavy atom. The molecule has 2 aromatic rings. The van der Waals surface area contributed by atoms with Gasteiger partial charge in [0.15, 0.2) is 0 Å². The van der Waals surface area contributed by atoms with Crippen molar-refractivity contribution in [3.8, 4) is 0 Å².